The van der Waals surface area contributed by atoms with Crippen LogP contribution in [0.5, 0.6) is 0 Å². The molecule has 0 radical (unpaired) electrons. The zero-order chi connectivity index (χ0) is 13.5. The molecule has 0 saturated heterocycles. The maximum Gasteiger partial charge on any atom is 0.247 e. The third-order valence-corrected chi connectivity index (χ3v) is 2.78. The molecule has 0 aliphatic heterocycles. The Morgan fingerprint density at radius 1 is 1.21 bits per heavy atom. The lowest BCUT2D eigenvalue weighted by Gasteiger charge is -2.16. The molecule has 0 atom stereocenters. The Bertz CT molecular complexity index is 500. The van der Waals surface area contributed by atoms with Crippen molar-refractivity contribution < 1.29 is 0 Å². The van der Waals surface area contributed by atoms with Gasteiger partial charge in [-0.3, -0.25) is 0 Å². The van der Waals surface area contributed by atoms with Gasteiger partial charge in [-0.1, -0.05) is 31.5 Å². The van der Waals surface area contributed by atoms with E-state index in [0.717, 1.165) is 25.1 Å². The van der Waals surface area contributed by atoms with Gasteiger partial charge < -0.3 is 10.2 Å². The highest BCUT2D eigenvalue weighted by Crippen LogP contribution is 2.14. The average molecular weight is 257 g/mol. The van der Waals surface area contributed by atoms with Crippen molar-refractivity contribution >= 4 is 17.5 Å². The fraction of sp³-hybridized carbons (Fsp3) is 0.357. The zero-order valence-electron chi connectivity index (χ0n) is 11.4. The van der Waals surface area contributed by atoms with Crippen LogP contribution in [0.1, 0.15) is 19.8 Å². The summed E-state index contributed by atoms with van der Waals surface area (Å²) in [6.07, 6.45) is 3.90. The number of nitrogens with one attached hydrogen (secondary N) is 1. The number of unbranched alkanes of at least 4 members (excludes halogenated alkanes) is 1. The van der Waals surface area contributed by atoms with E-state index in [2.05, 4.69) is 27.4 Å². The Morgan fingerprint density at radius 3 is 2.74 bits per heavy atom. The number of nitrogens with zero attached hydrogens (tertiary/aromatic N) is 4. The Kier molecular flexibility index (Phi) is 4.66. The second kappa shape index (κ2) is 6.68. The molecule has 0 spiro atoms. The Hall–Kier alpha value is -2.17. The number of rotatable bonds is 6. The van der Waals surface area contributed by atoms with E-state index in [1.54, 1.807) is 6.20 Å². The van der Waals surface area contributed by atoms with Crippen molar-refractivity contribution in [3.05, 3.63) is 36.5 Å². The molecule has 0 bridgehead atoms. The van der Waals surface area contributed by atoms with Crippen molar-refractivity contribution in [2.24, 2.45) is 0 Å². The van der Waals surface area contributed by atoms with E-state index in [1.165, 1.54) is 0 Å². The minimum atomic E-state index is 0.648. The van der Waals surface area contributed by atoms with Gasteiger partial charge in [-0.05, 0) is 18.6 Å². The molecule has 2 aromatic rings. The molecule has 1 N–H and O–H groups in total. The topological polar surface area (TPSA) is 53.9 Å². The lowest BCUT2D eigenvalue weighted by molar-refractivity contribution is 0.741. The van der Waals surface area contributed by atoms with Gasteiger partial charge in [0, 0.05) is 19.3 Å². The highest BCUT2D eigenvalue weighted by Gasteiger charge is 2.05. The van der Waals surface area contributed by atoms with Crippen LogP contribution in [0.3, 0.4) is 0 Å². The van der Waals surface area contributed by atoms with Gasteiger partial charge in [-0.15, -0.1) is 5.10 Å². The number of hydrogen-bond acceptors (Lipinski definition) is 5. The average Bonchev–Trinajstić information content (AvgIpc) is 2.46. The van der Waals surface area contributed by atoms with Crippen LogP contribution in [-0.4, -0.2) is 28.8 Å². The van der Waals surface area contributed by atoms with Gasteiger partial charge in [0.2, 0.25) is 5.95 Å². The molecule has 5 nitrogen and oxygen atoms in total. The van der Waals surface area contributed by atoms with Gasteiger partial charge >= 0.3 is 0 Å². The van der Waals surface area contributed by atoms with Gasteiger partial charge in [0.15, 0.2) is 5.82 Å². The minimum absolute atomic E-state index is 0.648. The summed E-state index contributed by atoms with van der Waals surface area (Å²) in [5, 5.41) is 11.3. The van der Waals surface area contributed by atoms with Crippen molar-refractivity contribution in [1.82, 2.24) is 15.2 Å². The molecule has 0 saturated carbocycles. The summed E-state index contributed by atoms with van der Waals surface area (Å²) in [5.74, 6) is 1.36. The van der Waals surface area contributed by atoms with Crippen LogP contribution in [-0.2, 0) is 0 Å². The zero-order valence-corrected chi connectivity index (χ0v) is 11.4. The largest absolute Gasteiger partial charge is 0.343 e. The monoisotopic (exact) mass is 257 g/mol. The molecule has 0 unspecified atom stereocenters. The van der Waals surface area contributed by atoms with E-state index in [4.69, 9.17) is 0 Å². The fourth-order valence-corrected chi connectivity index (χ4v) is 1.68. The number of anilines is 3. The van der Waals surface area contributed by atoms with Crippen molar-refractivity contribution in [2.45, 2.75) is 19.8 Å². The van der Waals surface area contributed by atoms with Gasteiger partial charge in [-0.2, -0.15) is 10.1 Å². The van der Waals surface area contributed by atoms with Gasteiger partial charge in [0.25, 0.3) is 0 Å². The van der Waals surface area contributed by atoms with Crippen LogP contribution in [0.4, 0.5) is 17.5 Å². The first-order valence-electron chi connectivity index (χ1n) is 6.52. The second-order valence-electron chi connectivity index (χ2n) is 4.41. The van der Waals surface area contributed by atoms with Gasteiger partial charge in [0.1, 0.15) is 0 Å². The van der Waals surface area contributed by atoms with E-state index in [9.17, 15) is 0 Å². The highest BCUT2D eigenvalue weighted by atomic mass is 15.3. The van der Waals surface area contributed by atoms with Crippen LogP contribution in [0.2, 0.25) is 0 Å². The second-order valence-corrected chi connectivity index (χ2v) is 4.41. The third-order valence-electron chi connectivity index (χ3n) is 2.78. The highest BCUT2D eigenvalue weighted by molar-refractivity contribution is 5.55. The van der Waals surface area contributed by atoms with E-state index in [-0.39, 0.29) is 0 Å². The standard InChI is InChI=1S/C14H19N5/c1-3-4-10-19(2)14-17-13(11-15-18-14)16-12-8-6-5-7-9-12/h5-9,11H,3-4,10H2,1-2H3,(H,16,17,18). The van der Waals surface area contributed by atoms with Gasteiger partial charge in [-0.25, -0.2) is 0 Å². The number of para-hydroxylation sites is 1. The fourth-order valence-electron chi connectivity index (χ4n) is 1.68. The van der Waals surface area contributed by atoms with Crippen molar-refractivity contribution in [3.63, 3.8) is 0 Å². The molecule has 1 aromatic heterocycles. The lowest BCUT2D eigenvalue weighted by Crippen LogP contribution is -2.21. The number of hydrogen-bond donors (Lipinski definition) is 1. The van der Waals surface area contributed by atoms with E-state index >= 15 is 0 Å². The smallest absolute Gasteiger partial charge is 0.247 e. The summed E-state index contributed by atoms with van der Waals surface area (Å²) in [7, 11) is 1.99. The summed E-state index contributed by atoms with van der Waals surface area (Å²) in [4.78, 5) is 6.48. The predicted molar refractivity (Wildman–Crippen MR) is 77.7 cm³/mol. The van der Waals surface area contributed by atoms with Gasteiger partial charge in [0.05, 0.1) is 6.20 Å². The van der Waals surface area contributed by atoms with Crippen LogP contribution < -0.4 is 10.2 Å². The molecule has 0 fully saturated rings. The molecule has 19 heavy (non-hydrogen) atoms. The molecule has 5 heteroatoms. The predicted octanol–water partition coefficient (Wildman–Crippen LogP) is 2.85. The minimum Gasteiger partial charge on any atom is -0.343 e. The maximum atomic E-state index is 4.46. The summed E-state index contributed by atoms with van der Waals surface area (Å²) < 4.78 is 0. The molecule has 1 heterocycles. The first kappa shape index (κ1) is 13.3. The van der Waals surface area contributed by atoms with Crippen LogP contribution in [0, 0.1) is 0 Å². The number of aromatic nitrogens is 3. The summed E-state index contributed by atoms with van der Waals surface area (Å²) in [6, 6.07) is 9.91. The molecule has 0 amide bonds. The molecule has 1 aromatic carbocycles. The molecule has 2 rings (SSSR count). The first-order chi connectivity index (χ1) is 9.29. The summed E-state index contributed by atoms with van der Waals surface area (Å²) in [6.45, 7) is 3.10. The van der Waals surface area contributed by atoms with Crippen LogP contribution >= 0.6 is 0 Å². The first-order valence-corrected chi connectivity index (χ1v) is 6.52. The molecular formula is C14H19N5. The van der Waals surface area contributed by atoms with Crippen LogP contribution in [0.15, 0.2) is 36.5 Å². The lowest BCUT2D eigenvalue weighted by atomic mass is 10.3. The third kappa shape index (κ3) is 3.91. The van der Waals surface area contributed by atoms with E-state index in [0.29, 0.717) is 11.8 Å². The molecule has 0 aliphatic carbocycles. The Labute approximate surface area is 113 Å². The Morgan fingerprint density at radius 2 is 2.00 bits per heavy atom. The van der Waals surface area contributed by atoms with E-state index in [1.807, 2.05) is 42.3 Å². The molecule has 100 valence electrons. The normalized spacial score (nSPS) is 10.2. The molecule has 0 aliphatic rings. The van der Waals surface area contributed by atoms with Crippen molar-refractivity contribution in [3.8, 4) is 0 Å². The summed E-state index contributed by atoms with van der Waals surface area (Å²) in [5.41, 5.74) is 0.991. The molecular weight excluding hydrogens is 238 g/mol. The Balaban J connectivity index is 2.06. The van der Waals surface area contributed by atoms with Crippen LogP contribution in [0.25, 0.3) is 0 Å². The SMILES string of the molecule is CCCCN(C)c1nncc(Nc2ccccc2)n1. The van der Waals surface area contributed by atoms with E-state index < -0.39 is 0 Å². The van der Waals surface area contributed by atoms with Crippen molar-refractivity contribution in [1.29, 1.82) is 0 Å². The van der Waals surface area contributed by atoms with Crippen molar-refractivity contribution in [2.75, 3.05) is 23.8 Å². The number of benzene rings is 1. The maximum absolute atomic E-state index is 4.46. The quantitative estimate of drug-likeness (QED) is 0.862. The summed E-state index contributed by atoms with van der Waals surface area (Å²) >= 11 is 0.